The van der Waals surface area contributed by atoms with Crippen molar-refractivity contribution in [2.24, 2.45) is 0 Å². The molecule has 6 nitrogen and oxygen atoms in total. The monoisotopic (exact) mass is 427 g/mol. The summed E-state index contributed by atoms with van der Waals surface area (Å²) in [5, 5.41) is 3.10. The van der Waals surface area contributed by atoms with Gasteiger partial charge in [0.05, 0.1) is 10.6 Å². The highest BCUT2D eigenvalue weighted by Crippen LogP contribution is 2.28. The van der Waals surface area contributed by atoms with Crippen molar-refractivity contribution in [2.45, 2.75) is 32.4 Å². The van der Waals surface area contributed by atoms with Crippen molar-refractivity contribution < 1.29 is 14.4 Å². The minimum absolute atomic E-state index is 0.0932. The molecule has 30 heavy (non-hydrogen) atoms. The Balaban J connectivity index is 1.81. The van der Waals surface area contributed by atoms with E-state index in [4.69, 9.17) is 11.6 Å². The molecule has 3 rings (SSSR count). The zero-order chi connectivity index (χ0) is 21.7. The Morgan fingerprint density at radius 1 is 1.10 bits per heavy atom. The van der Waals surface area contributed by atoms with E-state index in [9.17, 15) is 14.4 Å². The predicted octanol–water partition coefficient (Wildman–Crippen LogP) is 2.89. The van der Waals surface area contributed by atoms with E-state index in [2.05, 4.69) is 5.32 Å². The topological polar surface area (TPSA) is 69.7 Å². The lowest BCUT2D eigenvalue weighted by molar-refractivity contribution is -0.135. The molecule has 1 N–H and O–H groups in total. The van der Waals surface area contributed by atoms with Gasteiger partial charge in [-0.15, -0.1) is 0 Å². The fourth-order valence-electron chi connectivity index (χ4n) is 3.69. The molecular weight excluding hydrogens is 402 g/mol. The molecule has 0 saturated carbocycles. The molecule has 3 amide bonds. The Morgan fingerprint density at radius 2 is 1.77 bits per heavy atom. The van der Waals surface area contributed by atoms with Gasteiger partial charge in [0.1, 0.15) is 6.04 Å². The molecule has 1 heterocycles. The number of hydrogen-bond donors (Lipinski definition) is 1. The fraction of sp³-hybridized carbons (Fsp3) is 0.348. The summed E-state index contributed by atoms with van der Waals surface area (Å²) in [6.07, 6.45) is 1.10. The number of nitrogens with one attached hydrogen (secondary N) is 1. The summed E-state index contributed by atoms with van der Waals surface area (Å²) < 4.78 is 0. The molecule has 2 aromatic rings. The highest BCUT2D eigenvalue weighted by Gasteiger charge is 2.36. The minimum Gasteiger partial charge on any atom is -0.356 e. The van der Waals surface area contributed by atoms with Gasteiger partial charge in [-0.1, -0.05) is 48.0 Å². The Hall–Kier alpha value is -2.86. The van der Waals surface area contributed by atoms with Crippen molar-refractivity contribution in [1.29, 1.82) is 0 Å². The van der Waals surface area contributed by atoms with Gasteiger partial charge < -0.3 is 15.1 Å². The van der Waals surface area contributed by atoms with E-state index in [1.54, 1.807) is 41.1 Å². The third-order valence-corrected chi connectivity index (χ3v) is 5.65. The highest BCUT2D eigenvalue weighted by molar-refractivity contribution is 6.33. The van der Waals surface area contributed by atoms with E-state index in [-0.39, 0.29) is 17.7 Å². The zero-order valence-corrected chi connectivity index (χ0v) is 18.0. The van der Waals surface area contributed by atoms with Crippen molar-refractivity contribution in [1.82, 2.24) is 15.1 Å². The third kappa shape index (κ3) is 5.00. The van der Waals surface area contributed by atoms with Crippen LogP contribution in [0.25, 0.3) is 0 Å². The smallest absolute Gasteiger partial charge is 0.256 e. The van der Waals surface area contributed by atoms with Crippen LogP contribution in [-0.4, -0.2) is 53.7 Å². The van der Waals surface area contributed by atoms with Gasteiger partial charge in [0.25, 0.3) is 5.91 Å². The number of halogens is 1. The van der Waals surface area contributed by atoms with Gasteiger partial charge in [-0.05, 0) is 29.7 Å². The lowest BCUT2D eigenvalue weighted by Gasteiger charge is -2.38. The Kier molecular flexibility index (Phi) is 7.11. The van der Waals surface area contributed by atoms with Crippen LogP contribution in [0.1, 0.15) is 34.8 Å². The lowest BCUT2D eigenvalue weighted by Crippen LogP contribution is -2.53. The number of fused-ring (bicyclic) bond motifs is 1. The molecule has 1 aliphatic rings. The van der Waals surface area contributed by atoms with Crippen LogP contribution in [0.15, 0.2) is 48.5 Å². The van der Waals surface area contributed by atoms with E-state index in [0.29, 0.717) is 43.1 Å². The number of benzene rings is 2. The number of carbonyl (C=O) groups excluding carboxylic acids is 3. The van der Waals surface area contributed by atoms with Crippen LogP contribution in [-0.2, 0) is 22.6 Å². The molecule has 0 aromatic heterocycles. The Bertz CT molecular complexity index is 947. The summed E-state index contributed by atoms with van der Waals surface area (Å²) in [5.41, 5.74) is 2.51. The number of carbonyl (C=O) groups is 3. The van der Waals surface area contributed by atoms with Crippen LogP contribution < -0.4 is 5.32 Å². The first kappa shape index (κ1) is 21.8. The maximum atomic E-state index is 13.3. The van der Waals surface area contributed by atoms with Crippen LogP contribution in [0, 0.1) is 0 Å². The maximum absolute atomic E-state index is 13.3. The molecule has 2 aromatic carbocycles. The first-order valence-electron chi connectivity index (χ1n) is 10.00. The lowest BCUT2D eigenvalue weighted by atomic mass is 9.92. The third-order valence-electron chi connectivity index (χ3n) is 5.32. The van der Waals surface area contributed by atoms with Gasteiger partial charge in [0.15, 0.2) is 0 Å². The number of likely N-dealkylation sites (N-methyl/N-ethyl adjacent to an activating group) is 1. The number of hydrogen-bond acceptors (Lipinski definition) is 3. The molecular formula is C23H26ClN3O3. The molecule has 1 aliphatic heterocycles. The van der Waals surface area contributed by atoms with Crippen LogP contribution in [0.5, 0.6) is 0 Å². The Labute approximate surface area is 181 Å². The maximum Gasteiger partial charge on any atom is 0.256 e. The van der Waals surface area contributed by atoms with Gasteiger partial charge in [-0.25, -0.2) is 0 Å². The summed E-state index contributed by atoms with van der Waals surface area (Å²) in [7, 11) is 1.73. The van der Waals surface area contributed by atoms with E-state index in [0.717, 1.165) is 11.1 Å². The van der Waals surface area contributed by atoms with Gasteiger partial charge in [-0.2, -0.15) is 0 Å². The summed E-state index contributed by atoms with van der Waals surface area (Å²) in [6, 6.07) is 14.2. The van der Waals surface area contributed by atoms with Crippen molar-refractivity contribution >= 4 is 29.3 Å². The summed E-state index contributed by atoms with van der Waals surface area (Å²) >= 11 is 6.26. The second kappa shape index (κ2) is 9.76. The molecule has 1 atom stereocenters. The fourth-order valence-corrected chi connectivity index (χ4v) is 3.91. The average molecular weight is 428 g/mol. The normalized spacial score (nSPS) is 15.3. The number of rotatable bonds is 6. The summed E-state index contributed by atoms with van der Waals surface area (Å²) in [6.45, 7) is 2.82. The minimum atomic E-state index is -0.602. The van der Waals surface area contributed by atoms with Crippen molar-refractivity contribution in [2.75, 3.05) is 20.1 Å². The molecule has 7 heteroatoms. The second-order valence-corrected chi connectivity index (χ2v) is 7.91. The van der Waals surface area contributed by atoms with E-state index >= 15 is 0 Å². The summed E-state index contributed by atoms with van der Waals surface area (Å²) in [5.74, 6) is -0.461. The average Bonchev–Trinajstić information content (AvgIpc) is 2.74. The van der Waals surface area contributed by atoms with Crippen LogP contribution in [0.3, 0.4) is 0 Å². The number of nitrogens with zero attached hydrogens (tertiary/aromatic N) is 2. The largest absolute Gasteiger partial charge is 0.356 e. The molecule has 0 saturated heterocycles. The zero-order valence-electron chi connectivity index (χ0n) is 17.2. The van der Waals surface area contributed by atoms with Crippen LogP contribution >= 0.6 is 11.6 Å². The highest BCUT2D eigenvalue weighted by atomic mass is 35.5. The van der Waals surface area contributed by atoms with Gasteiger partial charge >= 0.3 is 0 Å². The van der Waals surface area contributed by atoms with Crippen LogP contribution in [0.2, 0.25) is 5.02 Å². The van der Waals surface area contributed by atoms with Gasteiger partial charge in [-0.3, -0.25) is 14.4 Å². The van der Waals surface area contributed by atoms with Gasteiger partial charge in [0, 0.05) is 40.0 Å². The molecule has 0 aliphatic carbocycles. The standard InChI is InChI=1S/C23H26ClN3O3/c1-16(28)25-12-7-13-26(2)23(30)21-14-17-8-3-4-9-18(17)15-27(21)22(29)19-10-5-6-11-20(19)24/h3-6,8-11,21H,7,12-15H2,1-2H3,(H,25,28). The van der Waals surface area contributed by atoms with Crippen molar-refractivity contribution in [3.05, 3.63) is 70.2 Å². The molecule has 0 fully saturated rings. The molecule has 1 unspecified atom stereocenters. The Morgan fingerprint density at radius 3 is 2.47 bits per heavy atom. The van der Waals surface area contributed by atoms with E-state index in [1.165, 1.54) is 6.92 Å². The molecule has 0 spiro atoms. The first-order valence-corrected chi connectivity index (χ1v) is 10.4. The molecule has 0 bridgehead atoms. The first-order chi connectivity index (χ1) is 14.4. The predicted molar refractivity (Wildman–Crippen MR) is 116 cm³/mol. The van der Waals surface area contributed by atoms with E-state index < -0.39 is 6.04 Å². The SMILES string of the molecule is CC(=O)NCCCN(C)C(=O)C1Cc2ccccc2CN1C(=O)c1ccccc1Cl. The van der Waals surface area contributed by atoms with E-state index in [1.807, 2.05) is 24.3 Å². The molecule has 0 radical (unpaired) electrons. The quantitative estimate of drug-likeness (QED) is 0.720. The van der Waals surface area contributed by atoms with Gasteiger partial charge in [0.2, 0.25) is 11.8 Å². The van der Waals surface area contributed by atoms with Crippen molar-refractivity contribution in [3.8, 4) is 0 Å². The van der Waals surface area contributed by atoms with Crippen LogP contribution in [0.4, 0.5) is 0 Å². The summed E-state index contributed by atoms with van der Waals surface area (Å²) in [4.78, 5) is 40.9. The number of amides is 3. The van der Waals surface area contributed by atoms with Crippen molar-refractivity contribution in [3.63, 3.8) is 0 Å². The second-order valence-electron chi connectivity index (χ2n) is 7.50. The molecule has 158 valence electrons.